The molecule has 3 atom stereocenters. The summed E-state index contributed by atoms with van der Waals surface area (Å²) in [6.07, 6.45) is 4.06. The third-order valence-electron chi connectivity index (χ3n) is 4.51. The quantitative estimate of drug-likeness (QED) is 0.721. The van der Waals surface area contributed by atoms with Crippen LogP contribution in [0.5, 0.6) is 5.75 Å². The van der Waals surface area contributed by atoms with E-state index in [0.29, 0.717) is 6.10 Å². The molecule has 2 bridgehead atoms. The normalized spacial score (nSPS) is 34.9. The lowest BCUT2D eigenvalue weighted by Gasteiger charge is -2.29. The van der Waals surface area contributed by atoms with Crippen molar-refractivity contribution in [1.29, 1.82) is 0 Å². The average molecular weight is 270 g/mol. The van der Waals surface area contributed by atoms with E-state index in [2.05, 4.69) is 36.4 Å². The SMILES string of the molecule is c1ccc2c3c(ccc2c1)SC1(CC2CCC1O2)O3. The minimum atomic E-state index is -0.143. The molecule has 3 aliphatic heterocycles. The van der Waals surface area contributed by atoms with Gasteiger partial charge in [0.25, 0.3) is 0 Å². The van der Waals surface area contributed by atoms with Crippen molar-refractivity contribution in [2.24, 2.45) is 0 Å². The van der Waals surface area contributed by atoms with Gasteiger partial charge in [0.2, 0.25) is 0 Å². The number of hydrogen-bond donors (Lipinski definition) is 0. The van der Waals surface area contributed by atoms with Crippen molar-refractivity contribution >= 4 is 22.5 Å². The van der Waals surface area contributed by atoms with Crippen LogP contribution in [0.2, 0.25) is 0 Å². The Kier molecular flexibility index (Phi) is 1.93. The summed E-state index contributed by atoms with van der Waals surface area (Å²) in [4.78, 5) is 1.13. The van der Waals surface area contributed by atoms with E-state index in [0.717, 1.165) is 18.6 Å². The van der Waals surface area contributed by atoms with Gasteiger partial charge < -0.3 is 9.47 Å². The second kappa shape index (κ2) is 3.47. The Morgan fingerprint density at radius 2 is 2.05 bits per heavy atom. The van der Waals surface area contributed by atoms with Crippen LogP contribution < -0.4 is 4.74 Å². The van der Waals surface area contributed by atoms with Crippen LogP contribution in [0, 0.1) is 0 Å². The zero-order valence-corrected chi connectivity index (χ0v) is 11.3. The molecule has 2 fully saturated rings. The topological polar surface area (TPSA) is 18.5 Å². The first-order valence-corrected chi connectivity index (χ1v) is 7.71. The monoisotopic (exact) mass is 270 g/mol. The zero-order valence-electron chi connectivity index (χ0n) is 10.5. The van der Waals surface area contributed by atoms with E-state index in [4.69, 9.17) is 9.47 Å². The number of thioether (sulfide) groups is 1. The fourth-order valence-corrected chi connectivity index (χ4v) is 5.08. The summed E-state index contributed by atoms with van der Waals surface area (Å²) in [6.45, 7) is 0. The average Bonchev–Trinajstić information content (AvgIpc) is 3.11. The van der Waals surface area contributed by atoms with Crippen molar-refractivity contribution in [3.63, 3.8) is 0 Å². The number of ether oxygens (including phenoxy) is 2. The Balaban J connectivity index is 1.66. The summed E-state index contributed by atoms with van der Waals surface area (Å²) < 4.78 is 12.4. The number of benzene rings is 2. The molecule has 3 unspecified atom stereocenters. The Bertz CT molecular complexity index is 684. The highest BCUT2D eigenvalue weighted by Crippen LogP contribution is 2.59. The molecule has 1 spiro atoms. The lowest BCUT2D eigenvalue weighted by atomic mass is 9.97. The van der Waals surface area contributed by atoms with Gasteiger partial charge in [0.15, 0.2) is 4.93 Å². The van der Waals surface area contributed by atoms with Gasteiger partial charge in [-0.05, 0) is 24.3 Å². The first-order chi connectivity index (χ1) is 9.34. The molecule has 3 heterocycles. The predicted octanol–water partition coefficient (Wildman–Crippen LogP) is 3.97. The van der Waals surface area contributed by atoms with Crippen LogP contribution in [-0.4, -0.2) is 17.1 Å². The fraction of sp³-hybridized carbons (Fsp3) is 0.375. The Hall–Kier alpha value is -1.19. The first kappa shape index (κ1) is 10.6. The molecule has 2 aromatic rings. The standard InChI is InChI=1S/C16H14O2S/c1-2-4-12-10(3-1)5-7-13-15(12)18-16(19-13)9-11-6-8-14(16)17-11/h1-5,7,11,14H,6,8-9H2. The maximum absolute atomic E-state index is 6.44. The fourth-order valence-electron chi connectivity index (χ4n) is 3.63. The van der Waals surface area contributed by atoms with Gasteiger partial charge in [-0.1, -0.05) is 42.1 Å². The molecule has 0 N–H and O–H groups in total. The van der Waals surface area contributed by atoms with E-state index in [1.54, 1.807) is 0 Å². The molecule has 5 rings (SSSR count). The third-order valence-corrected chi connectivity index (χ3v) is 5.91. The van der Waals surface area contributed by atoms with Crippen molar-refractivity contribution in [3.8, 4) is 5.75 Å². The van der Waals surface area contributed by atoms with E-state index < -0.39 is 0 Å². The largest absolute Gasteiger partial charge is 0.472 e. The highest BCUT2D eigenvalue weighted by molar-refractivity contribution is 8.01. The van der Waals surface area contributed by atoms with Gasteiger partial charge in [0.1, 0.15) is 11.9 Å². The molecule has 3 aliphatic rings. The molecule has 2 saturated heterocycles. The van der Waals surface area contributed by atoms with Gasteiger partial charge in [-0.25, -0.2) is 0 Å². The molecule has 2 aromatic carbocycles. The van der Waals surface area contributed by atoms with Crippen molar-refractivity contribution in [3.05, 3.63) is 36.4 Å². The summed E-state index contributed by atoms with van der Waals surface area (Å²) in [5.41, 5.74) is 0. The molecule has 96 valence electrons. The van der Waals surface area contributed by atoms with Crippen LogP contribution in [0.4, 0.5) is 0 Å². The first-order valence-electron chi connectivity index (χ1n) is 6.89. The Labute approximate surface area is 116 Å². The number of hydrogen-bond acceptors (Lipinski definition) is 3. The minimum absolute atomic E-state index is 0.143. The van der Waals surface area contributed by atoms with Gasteiger partial charge in [0.05, 0.1) is 11.0 Å². The molecule has 19 heavy (non-hydrogen) atoms. The van der Waals surface area contributed by atoms with Crippen LogP contribution in [0.3, 0.4) is 0 Å². The molecule has 2 nitrogen and oxygen atoms in total. The second-order valence-corrected chi connectivity index (χ2v) is 6.99. The maximum atomic E-state index is 6.44. The highest BCUT2D eigenvalue weighted by Gasteiger charge is 2.58. The van der Waals surface area contributed by atoms with Crippen LogP contribution in [0.15, 0.2) is 41.3 Å². The second-order valence-electron chi connectivity index (χ2n) is 5.66. The molecular formula is C16H14O2S. The van der Waals surface area contributed by atoms with Crippen LogP contribution >= 0.6 is 11.8 Å². The van der Waals surface area contributed by atoms with E-state index in [1.807, 2.05) is 11.8 Å². The van der Waals surface area contributed by atoms with Crippen LogP contribution in [0.25, 0.3) is 10.8 Å². The highest BCUT2D eigenvalue weighted by atomic mass is 32.2. The van der Waals surface area contributed by atoms with Crippen LogP contribution in [-0.2, 0) is 4.74 Å². The molecule has 0 radical (unpaired) electrons. The number of rotatable bonds is 0. The van der Waals surface area contributed by atoms with Gasteiger partial charge in [-0.2, -0.15) is 0 Å². The molecule has 0 amide bonds. The van der Waals surface area contributed by atoms with Crippen molar-refractivity contribution < 1.29 is 9.47 Å². The lowest BCUT2D eigenvalue weighted by molar-refractivity contribution is 0.0519. The van der Waals surface area contributed by atoms with E-state index >= 15 is 0 Å². The molecule has 0 aliphatic carbocycles. The van der Waals surface area contributed by atoms with E-state index in [-0.39, 0.29) is 11.0 Å². The van der Waals surface area contributed by atoms with Crippen LogP contribution in [0.1, 0.15) is 19.3 Å². The maximum Gasteiger partial charge on any atom is 0.187 e. The molecular weight excluding hydrogens is 256 g/mol. The molecule has 0 saturated carbocycles. The van der Waals surface area contributed by atoms with Gasteiger partial charge in [0, 0.05) is 11.8 Å². The van der Waals surface area contributed by atoms with Gasteiger partial charge in [-0.3, -0.25) is 0 Å². The molecule has 0 aromatic heterocycles. The van der Waals surface area contributed by atoms with E-state index in [1.165, 1.54) is 22.1 Å². The summed E-state index contributed by atoms with van der Waals surface area (Å²) in [5.74, 6) is 1.07. The summed E-state index contributed by atoms with van der Waals surface area (Å²) in [5, 5.41) is 2.48. The predicted molar refractivity (Wildman–Crippen MR) is 75.7 cm³/mol. The van der Waals surface area contributed by atoms with Crippen molar-refractivity contribution in [2.75, 3.05) is 0 Å². The summed E-state index contributed by atoms with van der Waals surface area (Å²) >= 11 is 1.88. The Morgan fingerprint density at radius 1 is 1.11 bits per heavy atom. The lowest BCUT2D eigenvalue weighted by Crippen LogP contribution is -2.39. The third kappa shape index (κ3) is 1.32. The van der Waals surface area contributed by atoms with Gasteiger partial charge >= 0.3 is 0 Å². The number of fused-ring (bicyclic) bond motifs is 6. The summed E-state index contributed by atoms with van der Waals surface area (Å²) in [7, 11) is 0. The summed E-state index contributed by atoms with van der Waals surface area (Å²) in [6, 6.07) is 12.8. The van der Waals surface area contributed by atoms with Gasteiger partial charge in [-0.15, -0.1) is 0 Å². The van der Waals surface area contributed by atoms with Crippen molar-refractivity contribution in [2.45, 2.75) is 41.3 Å². The van der Waals surface area contributed by atoms with Crippen molar-refractivity contribution in [1.82, 2.24) is 0 Å². The minimum Gasteiger partial charge on any atom is -0.472 e. The van der Waals surface area contributed by atoms with E-state index in [9.17, 15) is 0 Å². The smallest absolute Gasteiger partial charge is 0.187 e. The zero-order chi connectivity index (χ0) is 12.4. The Morgan fingerprint density at radius 3 is 2.89 bits per heavy atom. The molecule has 3 heteroatoms.